The molecule has 1 saturated carbocycles. The van der Waals surface area contributed by atoms with Crippen molar-refractivity contribution in [3.8, 4) is 0 Å². The third kappa shape index (κ3) is 2.29. The summed E-state index contributed by atoms with van der Waals surface area (Å²) in [6.07, 6.45) is 10.6. The molecule has 1 N–H and O–H groups in total. The highest BCUT2D eigenvalue weighted by atomic mass is 15.3. The maximum atomic E-state index is 4.40. The van der Waals surface area contributed by atoms with Crippen LogP contribution in [0.1, 0.15) is 32.1 Å². The van der Waals surface area contributed by atoms with Crippen molar-refractivity contribution in [2.75, 3.05) is 18.0 Å². The van der Waals surface area contributed by atoms with Gasteiger partial charge in [0.1, 0.15) is 11.5 Å². The minimum Gasteiger partial charge on any atom is -0.353 e. The molecule has 0 bridgehead atoms. The first-order valence-corrected chi connectivity index (χ1v) is 7.84. The Labute approximate surface area is 119 Å². The van der Waals surface area contributed by atoms with Crippen molar-refractivity contribution in [1.29, 1.82) is 0 Å². The van der Waals surface area contributed by atoms with Gasteiger partial charge in [-0.05, 0) is 44.2 Å². The molecule has 2 fully saturated rings. The molecular formula is C16H22N4. The standard InChI is InChI=1S/C16H22N4/c1-2-10-19(14(4-1)12-18-13-7-8-13)16-6-3-5-15-17-9-11-20(15)16/h3,5-6,9,11,13-14,18H,1-2,4,7-8,10,12H2. The lowest BCUT2D eigenvalue weighted by atomic mass is 10.0. The molecule has 1 unspecified atom stereocenters. The molecule has 0 spiro atoms. The lowest BCUT2D eigenvalue weighted by Crippen LogP contribution is -2.46. The van der Waals surface area contributed by atoms with E-state index in [4.69, 9.17) is 0 Å². The number of fused-ring (bicyclic) bond motifs is 1. The molecule has 0 radical (unpaired) electrons. The first-order valence-electron chi connectivity index (χ1n) is 7.84. The van der Waals surface area contributed by atoms with Crippen molar-refractivity contribution < 1.29 is 0 Å². The largest absolute Gasteiger partial charge is 0.353 e. The van der Waals surface area contributed by atoms with Crippen molar-refractivity contribution in [2.24, 2.45) is 0 Å². The third-order valence-corrected chi connectivity index (χ3v) is 4.55. The maximum Gasteiger partial charge on any atom is 0.138 e. The molecule has 4 heteroatoms. The van der Waals surface area contributed by atoms with E-state index in [0.29, 0.717) is 6.04 Å². The van der Waals surface area contributed by atoms with Gasteiger partial charge in [-0.3, -0.25) is 4.40 Å². The fourth-order valence-electron chi connectivity index (χ4n) is 3.27. The van der Waals surface area contributed by atoms with E-state index in [2.05, 4.69) is 44.0 Å². The number of hydrogen-bond acceptors (Lipinski definition) is 3. The van der Waals surface area contributed by atoms with Gasteiger partial charge in [-0.25, -0.2) is 4.98 Å². The smallest absolute Gasteiger partial charge is 0.138 e. The highest BCUT2D eigenvalue weighted by molar-refractivity contribution is 5.52. The topological polar surface area (TPSA) is 32.6 Å². The number of nitrogens with one attached hydrogen (secondary N) is 1. The van der Waals surface area contributed by atoms with E-state index in [-0.39, 0.29) is 0 Å². The molecule has 3 heterocycles. The number of imidazole rings is 1. The highest BCUT2D eigenvalue weighted by Crippen LogP contribution is 2.26. The van der Waals surface area contributed by atoms with Crippen molar-refractivity contribution in [2.45, 2.75) is 44.2 Å². The summed E-state index contributed by atoms with van der Waals surface area (Å²) < 4.78 is 2.22. The summed E-state index contributed by atoms with van der Waals surface area (Å²) in [5, 5.41) is 3.70. The van der Waals surface area contributed by atoms with Crippen molar-refractivity contribution >= 4 is 11.5 Å². The fraction of sp³-hybridized carbons (Fsp3) is 0.562. The number of aromatic nitrogens is 2. The second-order valence-corrected chi connectivity index (χ2v) is 6.06. The van der Waals surface area contributed by atoms with E-state index in [1.807, 2.05) is 6.20 Å². The van der Waals surface area contributed by atoms with Crippen LogP contribution in [0.25, 0.3) is 5.65 Å². The lowest BCUT2D eigenvalue weighted by molar-refractivity contribution is 0.431. The maximum absolute atomic E-state index is 4.40. The van der Waals surface area contributed by atoms with Crippen LogP contribution in [-0.4, -0.2) is 34.6 Å². The first kappa shape index (κ1) is 12.2. The normalized spacial score (nSPS) is 23.4. The van der Waals surface area contributed by atoms with E-state index in [1.54, 1.807) is 0 Å². The van der Waals surface area contributed by atoms with Crippen LogP contribution in [-0.2, 0) is 0 Å². The molecule has 2 aliphatic rings. The number of anilines is 1. The minimum atomic E-state index is 0.623. The highest BCUT2D eigenvalue weighted by Gasteiger charge is 2.27. The summed E-state index contributed by atoms with van der Waals surface area (Å²) in [4.78, 5) is 6.98. The second-order valence-electron chi connectivity index (χ2n) is 6.06. The average Bonchev–Trinajstić information content (AvgIpc) is 3.20. The summed E-state index contributed by atoms with van der Waals surface area (Å²) in [5.74, 6) is 1.29. The zero-order chi connectivity index (χ0) is 13.4. The summed E-state index contributed by atoms with van der Waals surface area (Å²) in [5.41, 5.74) is 1.04. The van der Waals surface area contributed by atoms with Gasteiger partial charge in [-0.15, -0.1) is 0 Å². The van der Waals surface area contributed by atoms with Crippen LogP contribution in [0.3, 0.4) is 0 Å². The molecule has 2 aromatic heterocycles. The van der Waals surface area contributed by atoms with E-state index in [9.17, 15) is 0 Å². The minimum absolute atomic E-state index is 0.623. The summed E-state index contributed by atoms with van der Waals surface area (Å²) in [6, 6.07) is 7.84. The predicted octanol–water partition coefficient (Wildman–Crippen LogP) is 2.45. The number of pyridine rings is 1. The Kier molecular flexibility index (Phi) is 3.11. The molecule has 1 atom stereocenters. The molecule has 0 amide bonds. The van der Waals surface area contributed by atoms with Crippen LogP contribution < -0.4 is 10.2 Å². The predicted molar refractivity (Wildman–Crippen MR) is 81.2 cm³/mol. The quantitative estimate of drug-likeness (QED) is 0.926. The van der Waals surface area contributed by atoms with Crippen LogP contribution in [0, 0.1) is 0 Å². The van der Waals surface area contributed by atoms with Gasteiger partial charge in [0.25, 0.3) is 0 Å². The zero-order valence-corrected chi connectivity index (χ0v) is 11.8. The average molecular weight is 270 g/mol. The van der Waals surface area contributed by atoms with Crippen molar-refractivity contribution in [3.05, 3.63) is 30.6 Å². The summed E-state index contributed by atoms with van der Waals surface area (Å²) >= 11 is 0. The lowest BCUT2D eigenvalue weighted by Gasteiger charge is -2.38. The van der Waals surface area contributed by atoms with Gasteiger partial charge >= 0.3 is 0 Å². The SMILES string of the molecule is c1cc(N2CCCCC2CNC2CC2)n2ccnc2c1. The van der Waals surface area contributed by atoms with Gasteiger partial charge in [0.15, 0.2) is 0 Å². The van der Waals surface area contributed by atoms with Crippen LogP contribution in [0.4, 0.5) is 5.82 Å². The number of rotatable bonds is 4. The Morgan fingerprint density at radius 3 is 3.05 bits per heavy atom. The third-order valence-electron chi connectivity index (χ3n) is 4.55. The molecule has 4 nitrogen and oxygen atoms in total. The number of nitrogens with zero attached hydrogens (tertiary/aromatic N) is 3. The molecule has 1 aliphatic carbocycles. The van der Waals surface area contributed by atoms with Gasteiger partial charge in [0, 0.05) is 37.6 Å². The van der Waals surface area contributed by atoms with E-state index >= 15 is 0 Å². The molecular weight excluding hydrogens is 248 g/mol. The Morgan fingerprint density at radius 2 is 2.15 bits per heavy atom. The second kappa shape index (κ2) is 5.09. The van der Waals surface area contributed by atoms with E-state index in [0.717, 1.165) is 24.8 Å². The molecule has 1 saturated heterocycles. The molecule has 1 aliphatic heterocycles. The van der Waals surface area contributed by atoms with Crippen LogP contribution in [0.5, 0.6) is 0 Å². The fourth-order valence-corrected chi connectivity index (χ4v) is 3.27. The molecule has 20 heavy (non-hydrogen) atoms. The molecule has 0 aromatic carbocycles. The molecule has 106 valence electrons. The Morgan fingerprint density at radius 1 is 1.20 bits per heavy atom. The number of piperidine rings is 1. The van der Waals surface area contributed by atoms with E-state index in [1.165, 1.54) is 37.9 Å². The molecule has 4 rings (SSSR count). The van der Waals surface area contributed by atoms with Gasteiger partial charge in [0.2, 0.25) is 0 Å². The van der Waals surface area contributed by atoms with Gasteiger partial charge < -0.3 is 10.2 Å². The van der Waals surface area contributed by atoms with Crippen LogP contribution in [0.2, 0.25) is 0 Å². The van der Waals surface area contributed by atoms with Gasteiger partial charge in [-0.2, -0.15) is 0 Å². The van der Waals surface area contributed by atoms with Gasteiger partial charge in [0.05, 0.1) is 0 Å². The Hall–Kier alpha value is -1.55. The van der Waals surface area contributed by atoms with Crippen LogP contribution in [0.15, 0.2) is 30.6 Å². The first-order chi connectivity index (χ1) is 9.92. The summed E-state index contributed by atoms with van der Waals surface area (Å²) in [6.45, 7) is 2.28. The van der Waals surface area contributed by atoms with E-state index < -0.39 is 0 Å². The van der Waals surface area contributed by atoms with Gasteiger partial charge in [-0.1, -0.05) is 6.07 Å². The number of hydrogen-bond donors (Lipinski definition) is 1. The zero-order valence-electron chi connectivity index (χ0n) is 11.8. The monoisotopic (exact) mass is 270 g/mol. The Balaban J connectivity index is 1.61. The molecule has 2 aromatic rings. The Bertz CT molecular complexity index is 587. The summed E-state index contributed by atoms with van der Waals surface area (Å²) in [7, 11) is 0. The van der Waals surface area contributed by atoms with Crippen molar-refractivity contribution in [3.63, 3.8) is 0 Å². The van der Waals surface area contributed by atoms with Crippen molar-refractivity contribution in [1.82, 2.24) is 14.7 Å². The van der Waals surface area contributed by atoms with Crippen LogP contribution >= 0.6 is 0 Å².